The fraction of sp³-hybridized carbons (Fsp3) is 0.414. The second kappa shape index (κ2) is 10.5. The van der Waals surface area contributed by atoms with E-state index < -0.39 is 5.00 Å². The summed E-state index contributed by atoms with van der Waals surface area (Å²) in [6, 6.07) is 20.1. The average molecular weight is 505 g/mol. The third kappa shape index (κ3) is 4.92. The summed E-state index contributed by atoms with van der Waals surface area (Å²) in [7, 11) is 0. The molecule has 6 nitrogen and oxygen atoms in total. The van der Waals surface area contributed by atoms with Gasteiger partial charge in [-0.1, -0.05) is 92.4 Å². The van der Waals surface area contributed by atoms with Gasteiger partial charge in [0.05, 0.1) is 12.2 Å². The molecular formula is C29H33ClN4O2. The first-order chi connectivity index (χ1) is 17.5. The predicted octanol–water partition coefficient (Wildman–Crippen LogP) is 5.20. The van der Waals surface area contributed by atoms with Gasteiger partial charge in [0, 0.05) is 18.2 Å². The normalized spacial score (nSPS) is 20.3. The molecule has 7 heteroatoms. The second-order valence-electron chi connectivity index (χ2n) is 9.88. The quantitative estimate of drug-likeness (QED) is 0.355. The summed E-state index contributed by atoms with van der Waals surface area (Å²) in [5.74, 6) is -0.581. The van der Waals surface area contributed by atoms with Crippen LogP contribution in [0.15, 0.2) is 60.7 Å². The van der Waals surface area contributed by atoms with Gasteiger partial charge in [-0.25, -0.2) is 0 Å². The molecule has 0 radical (unpaired) electrons. The molecule has 1 N–H and O–H groups in total. The second-order valence-corrected chi connectivity index (χ2v) is 10.5. The lowest BCUT2D eigenvalue weighted by Gasteiger charge is -2.42. The number of fused-ring (bicyclic) bond motifs is 1. The molecule has 1 fully saturated rings. The van der Waals surface area contributed by atoms with E-state index in [0.29, 0.717) is 24.4 Å². The fourth-order valence-corrected chi connectivity index (χ4v) is 5.58. The van der Waals surface area contributed by atoms with Crippen LogP contribution in [0.3, 0.4) is 0 Å². The standard InChI is InChI=1S/C29H33ClN4O2/c1-2-21-13-15-23(16-14-21)25-19-26-27(35)33(18-17-22-9-5-3-6-10-22)29(30,20-34(26)32-25)28(36)31-24-11-7-4-8-12-24/h3,5-6,9-10,13-16,19,24H,2,4,7-8,11-12,17-18,20H2,1H3,(H,31,36). The molecule has 36 heavy (non-hydrogen) atoms. The van der Waals surface area contributed by atoms with Gasteiger partial charge in [-0.15, -0.1) is 0 Å². The Morgan fingerprint density at radius 2 is 1.78 bits per heavy atom. The molecule has 0 saturated heterocycles. The largest absolute Gasteiger partial charge is 0.350 e. The van der Waals surface area contributed by atoms with E-state index >= 15 is 0 Å². The van der Waals surface area contributed by atoms with Crippen LogP contribution in [0.5, 0.6) is 0 Å². The molecule has 1 saturated carbocycles. The Kier molecular flexibility index (Phi) is 7.15. The number of carbonyl (C=O) groups excluding carboxylic acids is 2. The van der Waals surface area contributed by atoms with Crippen molar-refractivity contribution in [2.45, 2.75) is 69.5 Å². The van der Waals surface area contributed by atoms with Gasteiger partial charge >= 0.3 is 0 Å². The van der Waals surface area contributed by atoms with Crippen molar-refractivity contribution in [1.29, 1.82) is 0 Å². The lowest BCUT2D eigenvalue weighted by Crippen LogP contribution is -2.64. The maximum absolute atomic E-state index is 13.8. The van der Waals surface area contributed by atoms with Crippen molar-refractivity contribution in [3.8, 4) is 11.3 Å². The number of benzene rings is 2. The van der Waals surface area contributed by atoms with Gasteiger partial charge < -0.3 is 10.2 Å². The Morgan fingerprint density at radius 1 is 1.06 bits per heavy atom. The van der Waals surface area contributed by atoms with Crippen molar-refractivity contribution < 1.29 is 9.59 Å². The van der Waals surface area contributed by atoms with E-state index in [4.69, 9.17) is 16.7 Å². The molecule has 1 aliphatic heterocycles. The minimum absolute atomic E-state index is 0.0969. The number of nitrogens with zero attached hydrogens (tertiary/aromatic N) is 3. The number of carbonyl (C=O) groups is 2. The van der Waals surface area contributed by atoms with Crippen LogP contribution in [0.2, 0.25) is 0 Å². The molecule has 1 unspecified atom stereocenters. The molecule has 1 aromatic heterocycles. The van der Waals surface area contributed by atoms with Gasteiger partial charge in [-0.3, -0.25) is 14.3 Å². The number of aromatic nitrogens is 2. The van der Waals surface area contributed by atoms with Gasteiger partial charge in [0.15, 0.2) is 0 Å². The minimum Gasteiger partial charge on any atom is -0.350 e. The van der Waals surface area contributed by atoms with Gasteiger partial charge in [0.1, 0.15) is 5.69 Å². The Bertz CT molecular complexity index is 1220. The Hall–Kier alpha value is -3.12. The zero-order valence-corrected chi connectivity index (χ0v) is 21.5. The summed E-state index contributed by atoms with van der Waals surface area (Å²) in [5.41, 5.74) is 4.43. The molecule has 5 rings (SSSR count). The van der Waals surface area contributed by atoms with E-state index in [2.05, 4.69) is 24.4 Å². The molecule has 0 bridgehead atoms. The maximum Gasteiger partial charge on any atom is 0.274 e. The molecule has 3 aromatic rings. The lowest BCUT2D eigenvalue weighted by molar-refractivity contribution is -0.130. The molecular weight excluding hydrogens is 472 g/mol. The van der Waals surface area contributed by atoms with Crippen LogP contribution in [0.25, 0.3) is 11.3 Å². The monoisotopic (exact) mass is 504 g/mol. The number of hydrogen-bond acceptors (Lipinski definition) is 3. The summed E-state index contributed by atoms with van der Waals surface area (Å²) in [4.78, 5) is 27.4. The van der Waals surface area contributed by atoms with Crippen molar-refractivity contribution in [2.75, 3.05) is 6.54 Å². The van der Waals surface area contributed by atoms with E-state index in [9.17, 15) is 9.59 Å². The number of amides is 2. The van der Waals surface area contributed by atoms with Crippen LogP contribution in [0, 0.1) is 0 Å². The number of hydrogen-bond donors (Lipinski definition) is 1. The molecule has 1 aliphatic carbocycles. The molecule has 2 heterocycles. The highest BCUT2D eigenvalue weighted by molar-refractivity contribution is 6.36. The van der Waals surface area contributed by atoms with Gasteiger partial charge in [-0.2, -0.15) is 5.10 Å². The van der Waals surface area contributed by atoms with E-state index in [1.807, 2.05) is 48.5 Å². The summed E-state index contributed by atoms with van der Waals surface area (Å²) < 4.78 is 1.61. The predicted molar refractivity (Wildman–Crippen MR) is 142 cm³/mol. The fourth-order valence-electron chi connectivity index (χ4n) is 5.25. The average Bonchev–Trinajstić information content (AvgIpc) is 3.33. The molecule has 1 atom stereocenters. The number of alkyl halides is 1. The van der Waals surface area contributed by atoms with Crippen molar-refractivity contribution >= 4 is 23.4 Å². The van der Waals surface area contributed by atoms with E-state index in [0.717, 1.165) is 43.2 Å². The first-order valence-electron chi connectivity index (χ1n) is 13.0. The van der Waals surface area contributed by atoms with Crippen LogP contribution in [0.4, 0.5) is 0 Å². The molecule has 2 amide bonds. The summed E-state index contributed by atoms with van der Waals surface area (Å²) in [6.07, 6.45) is 6.85. The van der Waals surface area contributed by atoms with E-state index in [-0.39, 0.29) is 24.4 Å². The van der Waals surface area contributed by atoms with Gasteiger partial charge in [0.2, 0.25) is 5.00 Å². The summed E-state index contributed by atoms with van der Waals surface area (Å²) >= 11 is 7.13. The first-order valence-corrected chi connectivity index (χ1v) is 13.4. The molecule has 2 aromatic carbocycles. The number of halogens is 1. The van der Waals surface area contributed by atoms with Crippen LogP contribution >= 0.6 is 11.6 Å². The number of aryl methyl sites for hydroxylation is 1. The van der Waals surface area contributed by atoms with Crippen LogP contribution in [-0.4, -0.2) is 44.1 Å². The Morgan fingerprint density at radius 3 is 2.47 bits per heavy atom. The maximum atomic E-state index is 13.8. The summed E-state index contributed by atoms with van der Waals surface area (Å²) in [6.45, 7) is 2.57. The third-order valence-electron chi connectivity index (χ3n) is 7.44. The highest BCUT2D eigenvalue weighted by atomic mass is 35.5. The zero-order valence-electron chi connectivity index (χ0n) is 20.8. The number of rotatable bonds is 7. The summed E-state index contributed by atoms with van der Waals surface area (Å²) in [5, 5.41) is 7.86. The van der Waals surface area contributed by atoms with Crippen LogP contribution < -0.4 is 5.32 Å². The number of nitrogens with one attached hydrogen (secondary N) is 1. The van der Waals surface area contributed by atoms with E-state index in [1.165, 1.54) is 12.0 Å². The van der Waals surface area contributed by atoms with Crippen molar-refractivity contribution in [3.05, 3.63) is 77.5 Å². The SMILES string of the molecule is CCc1ccc(-c2cc3n(n2)CC(Cl)(C(=O)NC2CCCCC2)N(CCc2ccccc2)C3=O)cc1. The van der Waals surface area contributed by atoms with E-state index in [1.54, 1.807) is 9.58 Å². The lowest BCUT2D eigenvalue weighted by atomic mass is 9.95. The highest BCUT2D eigenvalue weighted by Crippen LogP contribution is 2.34. The zero-order chi connectivity index (χ0) is 25.1. The Labute approximate surface area is 217 Å². The molecule has 2 aliphatic rings. The van der Waals surface area contributed by atoms with Crippen molar-refractivity contribution in [1.82, 2.24) is 20.0 Å². The smallest absolute Gasteiger partial charge is 0.274 e. The van der Waals surface area contributed by atoms with Gasteiger partial charge in [0.25, 0.3) is 11.8 Å². The van der Waals surface area contributed by atoms with Crippen LogP contribution in [0.1, 0.15) is 60.6 Å². The molecule has 188 valence electrons. The molecule has 0 spiro atoms. The topological polar surface area (TPSA) is 67.2 Å². The van der Waals surface area contributed by atoms with Crippen molar-refractivity contribution in [2.24, 2.45) is 0 Å². The van der Waals surface area contributed by atoms with Crippen LogP contribution in [-0.2, 0) is 24.2 Å². The Balaban J connectivity index is 1.45. The van der Waals surface area contributed by atoms with Gasteiger partial charge in [-0.05, 0) is 42.9 Å². The van der Waals surface area contributed by atoms with Crippen molar-refractivity contribution in [3.63, 3.8) is 0 Å². The highest BCUT2D eigenvalue weighted by Gasteiger charge is 2.50. The first kappa shape index (κ1) is 24.6. The minimum atomic E-state index is -1.54. The third-order valence-corrected chi connectivity index (χ3v) is 7.94.